The van der Waals surface area contributed by atoms with Gasteiger partial charge >= 0.3 is 0 Å². The third-order valence-corrected chi connectivity index (χ3v) is 1.78. The van der Waals surface area contributed by atoms with Gasteiger partial charge in [-0.1, -0.05) is 5.92 Å². The first kappa shape index (κ1) is 10.2. The van der Waals surface area contributed by atoms with Gasteiger partial charge < -0.3 is 14.3 Å². The van der Waals surface area contributed by atoms with Crippen molar-refractivity contribution in [1.82, 2.24) is 0 Å². The van der Waals surface area contributed by atoms with Gasteiger partial charge in [0.15, 0.2) is 8.32 Å². The Labute approximate surface area is 67.5 Å². The number of rotatable bonds is 2. The summed E-state index contributed by atoms with van der Waals surface area (Å²) in [5.41, 5.74) is 0. The van der Waals surface area contributed by atoms with Gasteiger partial charge in [-0.05, 0) is 25.6 Å². The molecule has 0 aromatic rings. The number of hydrogen-bond acceptors (Lipinski definition) is 3. The number of carbonyl (C=O) groups excluding carboxylic acids is 1. The van der Waals surface area contributed by atoms with Crippen LogP contribution in [0.1, 0.15) is 0 Å². The lowest BCUT2D eigenvalue weighted by atomic mass is 10.6. The van der Waals surface area contributed by atoms with E-state index in [-0.39, 0.29) is 6.61 Å². The summed E-state index contributed by atoms with van der Waals surface area (Å²) in [6.07, 6.45) is 0. The van der Waals surface area contributed by atoms with E-state index in [0.717, 1.165) is 0 Å². The van der Waals surface area contributed by atoms with Crippen molar-refractivity contribution >= 4 is 14.3 Å². The molecule has 0 aliphatic rings. The van der Waals surface area contributed by atoms with Gasteiger partial charge in [-0.25, -0.2) is 0 Å². The van der Waals surface area contributed by atoms with Crippen molar-refractivity contribution in [2.24, 2.45) is 0 Å². The largest absolute Gasteiger partial charge is 0.537 e. The van der Waals surface area contributed by atoms with Crippen LogP contribution >= 0.6 is 0 Å². The smallest absolute Gasteiger partial charge is 0.185 e. The average molecular weight is 171 g/mol. The van der Waals surface area contributed by atoms with Crippen molar-refractivity contribution in [2.45, 2.75) is 19.6 Å². The first-order chi connectivity index (χ1) is 4.92. The molecule has 0 amide bonds. The Morgan fingerprint density at radius 3 is 2.45 bits per heavy atom. The normalized spacial score (nSPS) is 10.1. The molecular formula is C7H11O3Si-. The maximum Gasteiger partial charge on any atom is 0.185 e. The van der Waals surface area contributed by atoms with Crippen molar-refractivity contribution in [3.05, 3.63) is 0 Å². The highest BCUT2D eigenvalue weighted by Crippen LogP contribution is 2.00. The Hall–Kier alpha value is -0.793. The lowest BCUT2D eigenvalue weighted by Gasteiger charge is -2.13. The molecule has 0 saturated heterocycles. The fourth-order valence-electron chi connectivity index (χ4n) is 0.361. The van der Waals surface area contributed by atoms with E-state index < -0.39 is 14.3 Å². The van der Waals surface area contributed by atoms with Crippen molar-refractivity contribution < 1.29 is 14.3 Å². The lowest BCUT2D eigenvalue weighted by molar-refractivity contribution is -0.295. The molecule has 11 heavy (non-hydrogen) atoms. The van der Waals surface area contributed by atoms with Crippen LogP contribution in [0.4, 0.5) is 0 Å². The minimum atomic E-state index is -1.55. The number of carboxylic acids is 1. The van der Waals surface area contributed by atoms with Crippen LogP contribution in [0.3, 0.4) is 0 Å². The summed E-state index contributed by atoms with van der Waals surface area (Å²) < 4.78 is 5.25. The van der Waals surface area contributed by atoms with Crippen LogP contribution in [0.2, 0.25) is 19.6 Å². The van der Waals surface area contributed by atoms with Crippen molar-refractivity contribution in [1.29, 1.82) is 0 Å². The van der Waals surface area contributed by atoms with E-state index in [2.05, 4.69) is 5.92 Å². The fraction of sp³-hybridized carbons (Fsp3) is 0.571. The van der Waals surface area contributed by atoms with Gasteiger partial charge in [0.2, 0.25) is 0 Å². The van der Waals surface area contributed by atoms with E-state index in [0.29, 0.717) is 0 Å². The number of hydrogen-bond donors (Lipinski definition) is 0. The third-order valence-electron chi connectivity index (χ3n) is 0.768. The van der Waals surface area contributed by atoms with Crippen LogP contribution in [-0.2, 0) is 9.22 Å². The predicted molar refractivity (Wildman–Crippen MR) is 42.1 cm³/mol. The molecule has 0 aliphatic heterocycles. The molecule has 0 fully saturated rings. The number of aliphatic carboxylic acids is 1. The van der Waals surface area contributed by atoms with E-state index in [1.807, 2.05) is 25.6 Å². The standard InChI is InChI=1S/C7H12O3Si/c1-11(2,3)10-6-4-5-7(8)9/h6H2,1-3H3,(H,8,9)/p-1. The maximum atomic E-state index is 9.79. The van der Waals surface area contributed by atoms with Gasteiger partial charge in [0.05, 0.1) is 6.61 Å². The van der Waals surface area contributed by atoms with Crippen molar-refractivity contribution in [2.75, 3.05) is 6.61 Å². The Balaban J connectivity index is 3.60. The second kappa shape index (κ2) is 4.16. The van der Waals surface area contributed by atoms with Crippen LogP contribution in [0.5, 0.6) is 0 Å². The summed E-state index contributed by atoms with van der Waals surface area (Å²) in [6, 6.07) is 0. The second-order valence-corrected chi connectivity index (χ2v) is 7.50. The fourth-order valence-corrected chi connectivity index (χ4v) is 0.866. The zero-order valence-electron chi connectivity index (χ0n) is 6.93. The summed E-state index contributed by atoms with van der Waals surface area (Å²) in [6.45, 7) is 6.21. The molecule has 0 heterocycles. The molecule has 0 radical (unpaired) electrons. The Morgan fingerprint density at radius 1 is 1.55 bits per heavy atom. The molecule has 3 nitrogen and oxygen atoms in total. The maximum absolute atomic E-state index is 9.79. The zero-order valence-corrected chi connectivity index (χ0v) is 7.93. The molecule has 0 spiro atoms. The molecule has 0 rings (SSSR count). The van der Waals surface area contributed by atoms with E-state index in [1.54, 1.807) is 0 Å². The minimum absolute atomic E-state index is 0.184. The first-order valence-corrected chi connectivity index (χ1v) is 6.66. The lowest BCUT2D eigenvalue weighted by Crippen LogP contribution is -2.25. The Bertz CT molecular complexity index is 194. The molecule has 62 valence electrons. The quantitative estimate of drug-likeness (QED) is 0.419. The number of carboxylic acid groups (broad SMARTS) is 1. The average Bonchev–Trinajstić information content (AvgIpc) is 1.78. The molecule has 0 bridgehead atoms. The topological polar surface area (TPSA) is 49.4 Å². The highest BCUT2D eigenvalue weighted by molar-refractivity contribution is 6.69. The minimum Gasteiger partial charge on any atom is -0.537 e. The molecule has 0 aromatic heterocycles. The van der Waals surface area contributed by atoms with Gasteiger partial charge in [0.25, 0.3) is 0 Å². The molecule has 0 aliphatic carbocycles. The molecule has 0 N–H and O–H groups in total. The Morgan fingerprint density at radius 2 is 2.09 bits per heavy atom. The van der Waals surface area contributed by atoms with Crippen molar-refractivity contribution in [3.8, 4) is 11.8 Å². The van der Waals surface area contributed by atoms with Crippen LogP contribution in [0.25, 0.3) is 0 Å². The molecule has 0 unspecified atom stereocenters. The van der Waals surface area contributed by atoms with Gasteiger partial charge in [-0.15, -0.1) is 0 Å². The van der Waals surface area contributed by atoms with E-state index in [4.69, 9.17) is 4.43 Å². The van der Waals surface area contributed by atoms with Crippen molar-refractivity contribution in [3.63, 3.8) is 0 Å². The highest BCUT2D eigenvalue weighted by Gasteiger charge is 2.12. The van der Waals surface area contributed by atoms with Crippen LogP contribution in [0.15, 0.2) is 0 Å². The molecule has 4 heteroatoms. The predicted octanol–water partition coefficient (Wildman–Crippen LogP) is -0.409. The number of carbonyl (C=O) groups is 1. The van der Waals surface area contributed by atoms with Crippen LogP contribution in [-0.4, -0.2) is 20.9 Å². The molecule has 0 aromatic carbocycles. The summed E-state index contributed by atoms with van der Waals surface area (Å²) >= 11 is 0. The van der Waals surface area contributed by atoms with Crippen LogP contribution < -0.4 is 5.11 Å². The van der Waals surface area contributed by atoms with E-state index >= 15 is 0 Å². The monoisotopic (exact) mass is 171 g/mol. The highest BCUT2D eigenvalue weighted by atomic mass is 28.4. The zero-order chi connectivity index (χ0) is 8.91. The van der Waals surface area contributed by atoms with Gasteiger partial charge in [-0.3, -0.25) is 0 Å². The molecular weight excluding hydrogens is 160 g/mol. The SMILES string of the molecule is C[Si](C)(C)OCC#CC(=O)[O-]. The van der Waals surface area contributed by atoms with Gasteiger partial charge in [0, 0.05) is 0 Å². The molecule has 0 saturated carbocycles. The Kier molecular flexibility index (Phi) is 3.86. The summed E-state index contributed by atoms with van der Waals surface area (Å²) in [5, 5.41) is 9.79. The van der Waals surface area contributed by atoms with Gasteiger partial charge in [-0.2, -0.15) is 0 Å². The summed E-state index contributed by atoms with van der Waals surface area (Å²) in [7, 11) is -1.55. The summed E-state index contributed by atoms with van der Waals surface area (Å²) in [5.74, 6) is 2.86. The summed E-state index contributed by atoms with van der Waals surface area (Å²) in [4.78, 5) is 9.79. The third kappa shape index (κ3) is 9.21. The molecule has 0 atom stereocenters. The van der Waals surface area contributed by atoms with E-state index in [9.17, 15) is 9.90 Å². The van der Waals surface area contributed by atoms with Crippen LogP contribution in [0, 0.1) is 11.8 Å². The van der Waals surface area contributed by atoms with E-state index in [1.165, 1.54) is 0 Å². The first-order valence-electron chi connectivity index (χ1n) is 3.25. The van der Waals surface area contributed by atoms with Gasteiger partial charge in [0.1, 0.15) is 5.97 Å². The second-order valence-electron chi connectivity index (χ2n) is 2.99.